The number of para-hydroxylation sites is 2. The molecule has 0 radical (unpaired) electrons. The Hall–Kier alpha value is -4.23. The zero-order valence-corrected chi connectivity index (χ0v) is 17.9. The Morgan fingerprint density at radius 3 is 2.03 bits per heavy atom. The molecule has 2 aliphatic rings. The van der Waals surface area contributed by atoms with Gasteiger partial charge in [0, 0.05) is 5.56 Å². The Morgan fingerprint density at radius 2 is 1.35 bits per heavy atom. The van der Waals surface area contributed by atoms with Gasteiger partial charge in [0.05, 0.1) is 11.4 Å². The molecule has 7 heteroatoms. The van der Waals surface area contributed by atoms with Crippen LogP contribution in [0.5, 0.6) is 0 Å². The van der Waals surface area contributed by atoms with E-state index in [0.29, 0.717) is 28.5 Å². The van der Waals surface area contributed by atoms with Gasteiger partial charge in [-0.2, -0.15) is 0 Å². The summed E-state index contributed by atoms with van der Waals surface area (Å²) in [6, 6.07) is 27.0. The van der Waals surface area contributed by atoms with Crippen molar-refractivity contribution in [1.29, 1.82) is 0 Å². The summed E-state index contributed by atoms with van der Waals surface area (Å²) in [7, 11) is 0. The van der Waals surface area contributed by atoms with Crippen molar-refractivity contribution in [3.63, 3.8) is 0 Å². The Kier molecular flexibility index (Phi) is 4.78. The Labute approximate surface area is 194 Å². The molecule has 4 aromatic rings. The monoisotopic (exact) mass is 454 g/mol. The predicted molar refractivity (Wildman–Crippen MR) is 123 cm³/mol. The van der Waals surface area contributed by atoms with E-state index in [4.69, 9.17) is 9.25 Å². The number of anilines is 2. The predicted octanol–water partition coefficient (Wildman–Crippen LogP) is 5.14. The summed E-state index contributed by atoms with van der Waals surface area (Å²) in [5, 5.41) is 1.58. The molecule has 0 bridgehead atoms. The van der Waals surface area contributed by atoms with Crippen LogP contribution in [-0.4, -0.2) is 17.9 Å². The molecule has 3 heterocycles. The maximum absolute atomic E-state index is 13.6. The van der Waals surface area contributed by atoms with Crippen molar-refractivity contribution in [1.82, 2.24) is 0 Å². The molecule has 2 fully saturated rings. The summed E-state index contributed by atoms with van der Waals surface area (Å²) in [5.41, 5.74) is 1.91. The summed E-state index contributed by atoms with van der Waals surface area (Å²) in [6.45, 7) is 0. The summed E-state index contributed by atoms with van der Waals surface area (Å²) < 4.78 is 19.5. The first-order chi connectivity index (χ1) is 16.6. The first-order valence-corrected chi connectivity index (χ1v) is 10.9. The number of furan rings is 1. The second-order valence-electron chi connectivity index (χ2n) is 8.21. The van der Waals surface area contributed by atoms with Crippen molar-refractivity contribution in [2.24, 2.45) is 5.92 Å². The molecule has 0 saturated carbocycles. The Morgan fingerprint density at radius 1 is 0.706 bits per heavy atom. The van der Waals surface area contributed by atoms with E-state index in [2.05, 4.69) is 0 Å². The molecule has 0 aliphatic carbocycles. The van der Waals surface area contributed by atoms with E-state index in [1.807, 2.05) is 36.4 Å². The molecule has 6 nitrogen and oxygen atoms in total. The third-order valence-corrected chi connectivity index (χ3v) is 6.19. The minimum atomic E-state index is -0.975. The molecule has 6 rings (SSSR count). The average Bonchev–Trinajstić information content (AvgIpc) is 3.56. The van der Waals surface area contributed by atoms with Crippen molar-refractivity contribution in [3.05, 3.63) is 109 Å². The number of hydroxylamine groups is 1. The molecule has 2 saturated heterocycles. The van der Waals surface area contributed by atoms with Crippen LogP contribution in [0.25, 0.3) is 11.3 Å². The zero-order chi connectivity index (χ0) is 23.2. The van der Waals surface area contributed by atoms with E-state index in [1.165, 1.54) is 17.0 Å². The van der Waals surface area contributed by atoms with Crippen LogP contribution in [-0.2, 0) is 14.4 Å². The van der Waals surface area contributed by atoms with Gasteiger partial charge >= 0.3 is 0 Å². The molecule has 0 N–H and O–H groups in total. The quantitative estimate of drug-likeness (QED) is 0.400. The van der Waals surface area contributed by atoms with Crippen LogP contribution in [0.3, 0.4) is 0 Å². The van der Waals surface area contributed by atoms with Gasteiger partial charge in [-0.15, -0.1) is 0 Å². The molecule has 3 aromatic carbocycles. The molecule has 1 aromatic heterocycles. The number of hydrogen-bond donors (Lipinski definition) is 0. The number of benzene rings is 3. The number of carbonyl (C=O) groups excluding carboxylic acids is 2. The lowest BCUT2D eigenvalue weighted by atomic mass is 9.94. The van der Waals surface area contributed by atoms with Crippen molar-refractivity contribution >= 4 is 23.2 Å². The first-order valence-electron chi connectivity index (χ1n) is 10.9. The van der Waals surface area contributed by atoms with Crippen LogP contribution >= 0.6 is 0 Å². The van der Waals surface area contributed by atoms with Gasteiger partial charge in [0.1, 0.15) is 29.3 Å². The van der Waals surface area contributed by atoms with Gasteiger partial charge in [-0.05, 0) is 60.7 Å². The van der Waals surface area contributed by atoms with Gasteiger partial charge in [-0.1, -0.05) is 36.4 Å². The van der Waals surface area contributed by atoms with Gasteiger partial charge in [-0.25, -0.2) is 14.4 Å². The third-order valence-electron chi connectivity index (χ3n) is 6.19. The van der Waals surface area contributed by atoms with E-state index in [1.54, 1.807) is 53.6 Å². The number of carbonyl (C=O) groups is 2. The summed E-state index contributed by atoms with van der Waals surface area (Å²) >= 11 is 0. The fraction of sp³-hybridized carbons (Fsp3) is 0.111. The highest BCUT2D eigenvalue weighted by molar-refractivity contribution is 6.23. The lowest BCUT2D eigenvalue weighted by molar-refractivity contribution is -0.126. The maximum Gasteiger partial charge on any atom is 0.266 e. The van der Waals surface area contributed by atoms with Crippen molar-refractivity contribution in [3.8, 4) is 11.3 Å². The number of amides is 2. The molecule has 0 unspecified atom stereocenters. The zero-order valence-electron chi connectivity index (χ0n) is 17.9. The highest BCUT2D eigenvalue weighted by atomic mass is 19.1. The number of imide groups is 1. The lowest BCUT2D eigenvalue weighted by Crippen LogP contribution is -2.37. The van der Waals surface area contributed by atoms with Crippen molar-refractivity contribution in [2.45, 2.75) is 12.1 Å². The molecule has 34 heavy (non-hydrogen) atoms. The second-order valence-corrected chi connectivity index (χ2v) is 8.21. The Balaban J connectivity index is 1.42. The van der Waals surface area contributed by atoms with E-state index < -0.39 is 24.0 Å². The molecule has 2 amide bonds. The second kappa shape index (κ2) is 7.97. The fourth-order valence-corrected chi connectivity index (χ4v) is 4.61. The van der Waals surface area contributed by atoms with E-state index in [-0.39, 0.29) is 11.7 Å². The van der Waals surface area contributed by atoms with Crippen molar-refractivity contribution in [2.75, 3.05) is 9.96 Å². The van der Waals surface area contributed by atoms with Crippen LogP contribution in [0.15, 0.2) is 101 Å². The molecule has 3 atom stereocenters. The number of fused-ring (bicyclic) bond motifs is 1. The third kappa shape index (κ3) is 3.21. The fourth-order valence-electron chi connectivity index (χ4n) is 4.61. The lowest BCUT2D eigenvalue weighted by Gasteiger charge is -2.27. The highest BCUT2D eigenvalue weighted by Gasteiger charge is 2.61. The molecule has 168 valence electrons. The smallest absolute Gasteiger partial charge is 0.266 e. The number of halogens is 1. The minimum Gasteiger partial charge on any atom is -0.459 e. The molecule has 0 spiro atoms. The van der Waals surface area contributed by atoms with Gasteiger partial charge in [-0.3, -0.25) is 14.4 Å². The summed E-state index contributed by atoms with van der Waals surface area (Å²) in [6.07, 6.45) is -0.975. The first kappa shape index (κ1) is 20.4. The van der Waals surface area contributed by atoms with E-state index >= 15 is 0 Å². The van der Waals surface area contributed by atoms with Gasteiger partial charge in [0.25, 0.3) is 5.91 Å². The van der Waals surface area contributed by atoms with Crippen LogP contribution < -0.4 is 9.96 Å². The largest absolute Gasteiger partial charge is 0.459 e. The van der Waals surface area contributed by atoms with Crippen LogP contribution in [0.4, 0.5) is 15.8 Å². The van der Waals surface area contributed by atoms with Gasteiger partial charge in [0.15, 0.2) is 6.10 Å². The standard InChI is InChI=1S/C27H19FN2O4/c28-18-13-11-17(12-14-18)21-15-16-22(33-21)24-23-25(34-30(24)20-9-5-2-6-10-20)27(32)29(26(23)31)19-7-3-1-4-8-19/h1-16,23-25H/t23-,24-,25-/m1/s1. The number of nitrogens with zero attached hydrogens (tertiary/aromatic N) is 2. The summed E-state index contributed by atoms with van der Waals surface area (Å²) in [4.78, 5) is 34.2. The minimum absolute atomic E-state index is 0.339. The highest BCUT2D eigenvalue weighted by Crippen LogP contribution is 2.48. The van der Waals surface area contributed by atoms with E-state index in [0.717, 1.165) is 0 Å². The van der Waals surface area contributed by atoms with Gasteiger partial charge in [0.2, 0.25) is 5.91 Å². The average molecular weight is 454 g/mol. The molecular weight excluding hydrogens is 435 g/mol. The van der Waals surface area contributed by atoms with Crippen molar-refractivity contribution < 1.29 is 23.2 Å². The number of rotatable bonds is 4. The number of hydrogen-bond acceptors (Lipinski definition) is 5. The molecule has 2 aliphatic heterocycles. The van der Waals surface area contributed by atoms with E-state index in [9.17, 15) is 14.0 Å². The van der Waals surface area contributed by atoms with Crippen LogP contribution in [0.2, 0.25) is 0 Å². The summed E-state index contributed by atoms with van der Waals surface area (Å²) in [5.74, 6) is -0.872. The van der Waals surface area contributed by atoms with Crippen LogP contribution in [0, 0.1) is 11.7 Å². The van der Waals surface area contributed by atoms with Gasteiger partial charge < -0.3 is 4.42 Å². The Bertz CT molecular complexity index is 1350. The topological polar surface area (TPSA) is 63.0 Å². The molecular formula is C27H19FN2O4. The van der Waals surface area contributed by atoms with Crippen LogP contribution in [0.1, 0.15) is 11.8 Å². The normalized spacial score (nSPS) is 21.9. The maximum atomic E-state index is 13.6. The SMILES string of the molecule is O=C1[C@@H]2[C@@H](c3ccc(-c4ccc(F)cc4)o3)N(c3ccccc3)O[C@H]2C(=O)N1c1ccccc1.